The van der Waals surface area contributed by atoms with E-state index < -0.39 is 12.0 Å². The molecule has 146 valence electrons. The van der Waals surface area contributed by atoms with Gasteiger partial charge in [0.05, 0.1) is 12.6 Å². The predicted molar refractivity (Wildman–Crippen MR) is 108 cm³/mol. The lowest BCUT2D eigenvalue weighted by Crippen LogP contribution is -2.55. The maximum Gasteiger partial charge on any atom is 0.279 e. The van der Waals surface area contributed by atoms with Gasteiger partial charge in [-0.2, -0.15) is 0 Å². The van der Waals surface area contributed by atoms with Gasteiger partial charge in [-0.05, 0) is 49.2 Å². The molecule has 2 N–H and O–H groups in total. The van der Waals surface area contributed by atoms with Gasteiger partial charge in [-0.25, -0.2) is 0 Å². The molecular formula is C22H25N3O3. The zero-order chi connectivity index (χ0) is 19.9. The number of carbonyl (C=O) groups excluding carboxylic acids is 2. The summed E-state index contributed by atoms with van der Waals surface area (Å²) in [6.45, 7) is 2.85. The van der Waals surface area contributed by atoms with Crippen molar-refractivity contribution in [2.45, 2.75) is 38.3 Å². The molecule has 0 aliphatic carbocycles. The molecule has 1 fully saturated rings. The molecule has 2 atom stereocenters. The van der Waals surface area contributed by atoms with Crippen molar-refractivity contribution in [1.82, 2.24) is 15.8 Å². The average Bonchev–Trinajstić information content (AvgIpc) is 2.72. The maximum absolute atomic E-state index is 12.4. The van der Waals surface area contributed by atoms with Crippen LogP contribution in [0.15, 0.2) is 42.5 Å². The van der Waals surface area contributed by atoms with Crippen LogP contribution in [0.3, 0.4) is 0 Å². The number of piperidine rings is 1. The second kappa shape index (κ2) is 9.25. The number of hydrogen-bond acceptors (Lipinski definition) is 4. The molecule has 3 rings (SSSR count). The summed E-state index contributed by atoms with van der Waals surface area (Å²) in [7, 11) is 0. The normalized spacial score (nSPS) is 18.1. The number of terminal acetylenes is 1. The molecule has 6 nitrogen and oxygen atoms in total. The molecule has 6 heteroatoms. The van der Waals surface area contributed by atoms with Gasteiger partial charge >= 0.3 is 0 Å². The highest BCUT2D eigenvalue weighted by Crippen LogP contribution is 2.21. The Bertz CT molecular complexity index is 890. The molecule has 28 heavy (non-hydrogen) atoms. The fourth-order valence-electron chi connectivity index (χ4n) is 3.40. The van der Waals surface area contributed by atoms with Crippen molar-refractivity contribution in [3.05, 3.63) is 42.5 Å². The Morgan fingerprint density at radius 1 is 1.21 bits per heavy atom. The molecule has 1 aliphatic rings. The highest BCUT2D eigenvalue weighted by Gasteiger charge is 2.28. The molecule has 1 aliphatic heterocycles. The van der Waals surface area contributed by atoms with Gasteiger partial charge in [-0.1, -0.05) is 42.7 Å². The zero-order valence-corrected chi connectivity index (χ0v) is 16.0. The highest BCUT2D eigenvalue weighted by atomic mass is 16.5. The molecule has 2 aromatic carbocycles. The third kappa shape index (κ3) is 4.81. The number of hydrogen-bond donors (Lipinski definition) is 2. The van der Waals surface area contributed by atoms with E-state index in [-0.39, 0.29) is 11.9 Å². The minimum Gasteiger partial charge on any atom is -0.481 e. The number of nitrogens with one attached hydrogen (secondary N) is 2. The second-order valence-electron chi connectivity index (χ2n) is 6.93. The van der Waals surface area contributed by atoms with Crippen molar-refractivity contribution in [2.24, 2.45) is 0 Å². The Balaban J connectivity index is 1.53. The largest absolute Gasteiger partial charge is 0.481 e. The van der Waals surface area contributed by atoms with E-state index in [1.807, 2.05) is 47.4 Å². The number of hydrazine groups is 1. The molecule has 2 aromatic rings. The predicted octanol–water partition coefficient (Wildman–Crippen LogP) is 2.24. The number of nitrogens with zero attached hydrogens (tertiary/aromatic N) is 1. The topological polar surface area (TPSA) is 70.7 Å². The molecular weight excluding hydrogens is 354 g/mol. The lowest BCUT2D eigenvalue weighted by atomic mass is 10.0. The third-order valence-electron chi connectivity index (χ3n) is 4.92. The fraction of sp³-hybridized carbons (Fsp3) is 0.364. The minimum atomic E-state index is -0.755. The standard InChI is InChI=1S/C22H25N3O3/c1-3-13-25-14-7-6-10-20(25)22(27)24-23-21(26)16(2)28-19-12-11-17-8-4-5-9-18(17)15-19/h1,4-5,8-9,11-12,15-16,20H,6-7,10,13-14H2,2H3,(H,23,26)(H,24,27). The van der Waals surface area contributed by atoms with Gasteiger partial charge in [0.15, 0.2) is 6.10 Å². The molecule has 0 radical (unpaired) electrons. The Hall–Kier alpha value is -3.04. The van der Waals surface area contributed by atoms with Crippen LogP contribution >= 0.6 is 0 Å². The van der Waals surface area contributed by atoms with Gasteiger partial charge < -0.3 is 4.74 Å². The summed E-state index contributed by atoms with van der Waals surface area (Å²) >= 11 is 0. The van der Waals surface area contributed by atoms with Gasteiger partial charge in [-0.15, -0.1) is 6.42 Å². The van der Waals surface area contributed by atoms with Crippen LogP contribution in [0.2, 0.25) is 0 Å². The molecule has 0 spiro atoms. The number of carbonyl (C=O) groups is 2. The van der Waals surface area contributed by atoms with Crippen molar-refractivity contribution in [3.8, 4) is 18.1 Å². The summed E-state index contributed by atoms with van der Waals surface area (Å²) in [5, 5.41) is 2.13. The Morgan fingerprint density at radius 3 is 2.79 bits per heavy atom. The van der Waals surface area contributed by atoms with Crippen LogP contribution in [0.25, 0.3) is 10.8 Å². The first-order valence-corrected chi connectivity index (χ1v) is 9.51. The van der Waals surface area contributed by atoms with Gasteiger partial charge in [-0.3, -0.25) is 25.3 Å². The number of rotatable bonds is 5. The van der Waals surface area contributed by atoms with Crippen LogP contribution in [0.5, 0.6) is 5.75 Å². The monoisotopic (exact) mass is 379 g/mol. The van der Waals surface area contributed by atoms with E-state index in [0.717, 1.165) is 36.6 Å². The van der Waals surface area contributed by atoms with E-state index in [1.54, 1.807) is 6.92 Å². The van der Waals surface area contributed by atoms with E-state index in [4.69, 9.17) is 11.2 Å². The molecule has 0 bridgehead atoms. The van der Waals surface area contributed by atoms with Gasteiger partial charge in [0.2, 0.25) is 0 Å². The Morgan fingerprint density at radius 2 is 2.00 bits per heavy atom. The third-order valence-corrected chi connectivity index (χ3v) is 4.92. The van der Waals surface area contributed by atoms with Gasteiger partial charge in [0.1, 0.15) is 5.75 Å². The van der Waals surface area contributed by atoms with Crippen LogP contribution in [0.1, 0.15) is 26.2 Å². The fourth-order valence-corrected chi connectivity index (χ4v) is 3.40. The van der Waals surface area contributed by atoms with Crippen LogP contribution in [0, 0.1) is 12.3 Å². The molecule has 1 saturated heterocycles. The number of likely N-dealkylation sites (tertiary alicyclic amines) is 1. The average molecular weight is 379 g/mol. The van der Waals surface area contributed by atoms with Crippen molar-refractivity contribution < 1.29 is 14.3 Å². The van der Waals surface area contributed by atoms with Crippen molar-refractivity contribution in [3.63, 3.8) is 0 Å². The van der Waals surface area contributed by atoms with Gasteiger partial charge in [0, 0.05) is 0 Å². The minimum absolute atomic E-state index is 0.249. The zero-order valence-electron chi connectivity index (χ0n) is 16.0. The highest BCUT2D eigenvalue weighted by molar-refractivity contribution is 5.87. The quantitative estimate of drug-likeness (QED) is 0.617. The SMILES string of the molecule is C#CCN1CCCCC1C(=O)NNC(=O)C(C)Oc1ccc2ccccc2c1. The molecule has 0 aromatic heterocycles. The number of ether oxygens (including phenoxy) is 1. The van der Waals surface area contributed by atoms with Crippen molar-refractivity contribution in [1.29, 1.82) is 0 Å². The second-order valence-corrected chi connectivity index (χ2v) is 6.93. The summed E-state index contributed by atoms with van der Waals surface area (Å²) in [4.78, 5) is 26.7. The van der Waals surface area contributed by atoms with Crippen molar-refractivity contribution in [2.75, 3.05) is 13.1 Å². The first-order valence-electron chi connectivity index (χ1n) is 9.51. The van der Waals surface area contributed by atoms with Crippen LogP contribution < -0.4 is 15.6 Å². The van der Waals surface area contributed by atoms with Crippen LogP contribution in [-0.4, -0.2) is 41.9 Å². The Labute approximate surface area is 165 Å². The van der Waals surface area contributed by atoms with Crippen LogP contribution in [-0.2, 0) is 9.59 Å². The lowest BCUT2D eigenvalue weighted by molar-refractivity contribution is -0.135. The number of fused-ring (bicyclic) bond motifs is 1. The number of benzene rings is 2. The van der Waals surface area contributed by atoms with E-state index >= 15 is 0 Å². The van der Waals surface area contributed by atoms with E-state index in [1.165, 1.54) is 0 Å². The summed E-state index contributed by atoms with van der Waals surface area (Å²) in [6, 6.07) is 13.3. The molecule has 2 amide bonds. The van der Waals surface area contributed by atoms with E-state index in [0.29, 0.717) is 12.3 Å². The lowest BCUT2D eigenvalue weighted by Gasteiger charge is -2.33. The summed E-state index contributed by atoms with van der Waals surface area (Å²) in [5.41, 5.74) is 4.97. The molecule has 2 unspecified atom stereocenters. The first kappa shape index (κ1) is 19.7. The van der Waals surface area contributed by atoms with E-state index in [9.17, 15) is 9.59 Å². The Kier molecular flexibility index (Phi) is 6.51. The van der Waals surface area contributed by atoms with E-state index in [2.05, 4.69) is 16.8 Å². The molecule has 1 heterocycles. The molecule has 0 saturated carbocycles. The smallest absolute Gasteiger partial charge is 0.279 e. The van der Waals surface area contributed by atoms with Crippen molar-refractivity contribution >= 4 is 22.6 Å². The summed E-state index contributed by atoms with van der Waals surface area (Å²) in [6.07, 6.45) is 7.34. The van der Waals surface area contributed by atoms with Gasteiger partial charge in [0.25, 0.3) is 11.8 Å². The van der Waals surface area contributed by atoms with Crippen LogP contribution in [0.4, 0.5) is 0 Å². The number of amides is 2. The summed E-state index contributed by atoms with van der Waals surface area (Å²) < 4.78 is 5.72. The summed E-state index contributed by atoms with van der Waals surface area (Å²) in [5.74, 6) is 2.52. The maximum atomic E-state index is 12.4. The first-order chi connectivity index (χ1) is 13.6.